The number of carbonyl (C=O) groups is 1. The molecule has 4 nitrogen and oxygen atoms in total. The number of nitrogens with zero attached hydrogens (tertiary/aromatic N) is 1. The first-order chi connectivity index (χ1) is 6.86. The molecule has 0 aromatic carbocycles. The number of rotatable bonds is 3. The van der Waals surface area contributed by atoms with Gasteiger partial charge in [0.05, 0.1) is 10.7 Å². The number of nitrogens with two attached hydrogens (primary N) is 1. The largest absolute Gasteiger partial charge is 0.368 e. The number of primary amides is 1. The van der Waals surface area contributed by atoms with E-state index in [2.05, 4.69) is 31.1 Å². The van der Waals surface area contributed by atoms with Gasteiger partial charge in [-0.15, -0.1) is 11.3 Å². The number of nitrogens with one attached hydrogen (secondary N) is 1. The van der Waals surface area contributed by atoms with Gasteiger partial charge in [0, 0.05) is 10.8 Å². The lowest BCUT2D eigenvalue weighted by Crippen LogP contribution is -2.31. The fourth-order valence-electron chi connectivity index (χ4n) is 1.20. The van der Waals surface area contributed by atoms with E-state index in [4.69, 9.17) is 5.73 Å². The molecule has 1 unspecified atom stereocenters. The van der Waals surface area contributed by atoms with Gasteiger partial charge in [-0.25, -0.2) is 4.98 Å². The van der Waals surface area contributed by atoms with E-state index in [9.17, 15) is 4.79 Å². The van der Waals surface area contributed by atoms with Crippen LogP contribution in [0.15, 0.2) is 5.38 Å². The van der Waals surface area contributed by atoms with Crippen molar-refractivity contribution in [1.29, 1.82) is 0 Å². The highest BCUT2D eigenvalue weighted by Crippen LogP contribution is 2.27. The molecule has 1 rings (SSSR count). The van der Waals surface area contributed by atoms with E-state index in [1.807, 2.05) is 5.38 Å². The Morgan fingerprint density at radius 1 is 1.60 bits per heavy atom. The molecule has 0 saturated heterocycles. The average molecular weight is 227 g/mol. The Kier molecular flexibility index (Phi) is 3.46. The smallest absolute Gasteiger partial charge is 0.240 e. The third-order valence-corrected chi connectivity index (χ3v) is 3.32. The second kappa shape index (κ2) is 4.28. The van der Waals surface area contributed by atoms with Crippen LogP contribution < -0.4 is 11.1 Å². The van der Waals surface area contributed by atoms with E-state index in [0.29, 0.717) is 5.69 Å². The first-order valence-corrected chi connectivity index (χ1v) is 5.66. The van der Waals surface area contributed by atoms with Crippen molar-refractivity contribution in [3.8, 4) is 0 Å². The topological polar surface area (TPSA) is 68.0 Å². The van der Waals surface area contributed by atoms with Crippen LogP contribution in [-0.4, -0.2) is 17.9 Å². The van der Waals surface area contributed by atoms with Crippen molar-refractivity contribution in [1.82, 2.24) is 10.3 Å². The van der Waals surface area contributed by atoms with Crippen LogP contribution in [0.5, 0.6) is 0 Å². The van der Waals surface area contributed by atoms with Gasteiger partial charge < -0.3 is 11.1 Å². The maximum absolute atomic E-state index is 11.1. The number of hydrogen-bond donors (Lipinski definition) is 2. The third kappa shape index (κ3) is 2.76. The van der Waals surface area contributed by atoms with Crippen molar-refractivity contribution < 1.29 is 4.79 Å². The van der Waals surface area contributed by atoms with E-state index in [1.165, 1.54) is 0 Å². The number of hydrogen-bond acceptors (Lipinski definition) is 4. The molecule has 0 aliphatic carbocycles. The number of amides is 1. The summed E-state index contributed by atoms with van der Waals surface area (Å²) in [5.74, 6) is -0.400. The minimum absolute atomic E-state index is 0.0128. The van der Waals surface area contributed by atoms with Crippen LogP contribution >= 0.6 is 11.3 Å². The van der Waals surface area contributed by atoms with Crippen molar-refractivity contribution in [3.63, 3.8) is 0 Å². The highest BCUT2D eigenvalue weighted by molar-refractivity contribution is 7.09. The minimum Gasteiger partial charge on any atom is -0.368 e. The summed E-state index contributed by atoms with van der Waals surface area (Å²) in [6, 6.07) is -0.489. The number of aromatic nitrogens is 1. The van der Waals surface area contributed by atoms with Gasteiger partial charge in [-0.1, -0.05) is 20.8 Å². The van der Waals surface area contributed by atoms with Gasteiger partial charge in [-0.3, -0.25) is 4.79 Å². The van der Waals surface area contributed by atoms with Crippen molar-refractivity contribution in [3.05, 3.63) is 16.1 Å². The van der Waals surface area contributed by atoms with Crippen LogP contribution in [0.1, 0.15) is 37.5 Å². The molecule has 3 N–H and O–H groups in total. The van der Waals surface area contributed by atoms with Crippen LogP contribution in [0.4, 0.5) is 0 Å². The Balaban J connectivity index is 2.97. The van der Waals surface area contributed by atoms with E-state index in [0.717, 1.165) is 5.01 Å². The summed E-state index contributed by atoms with van der Waals surface area (Å²) in [4.78, 5) is 15.5. The first kappa shape index (κ1) is 12.1. The lowest BCUT2D eigenvalue weighted by atomic mass is 9.98. The lowest BCUT2D eigenvalue weighted by molar-refractivity contribution is -0.120. The summed E-state index contributed by atoms with van der Waals surface area (Å²) in [5, 5.41) is 5.75. The van der Waals surface area contributed by atoms with Gasteiger partial charge in [-0.2, -0.15) is 0 Å². The predicted molar refractivity (Wildman–Crippen MR) is 61.8 cm³/mol. The van der Waals surface area contributed by atoms with Gasteiger partial charge >= 0.3 is 0 Å². The summed E-state index contributed by atoms with van der Waals surface area (Å²) in [7, 11) is 1.70. The number of carbonyl (C=O) groups excluding carboxylic acids is 1. The predicted octanol–water partition coefficient (Wildman–Crippen LogP) is 1.19. The Labute approximate surface area is 93.9 Å². The van der Waals surface area contributed by atoms with Crippen molar-refractivity contribution >= 4 is 17.2 Å². The standard InChI is InChI=1S/C10H17N3OS/c1-10(2,3)9-13-6(5-15-9)7(12-4)8(11)14/h5,7,12H,1-4H3,(H2,11,14). The molecule has 1 heterocycles. The van der Waals surface area contributed by atoms with Gasteiger partial charge in [0.1, 0.15) is 6.04 Å². The molecule has 0 fully saturated rings. The Bertz CT molecular complexity index is 354. The highest BCUT2D eigenvalue weighted by Gasteiger charge is 2.23. The minimum atomic E-state index is -0.489. The molecular formula is C10H17N3OS. The Hall–Kier alpha value is -0.940. The summed E-state index contributed by atoms with van der Waals surface area (Å²) in [5.41, 5.74) is 5.98. The second-order valence-corrected chi connectivity index (χ2v) is 5.31. The van der Waals surface area contributed by atoms with Crippen LogP contribution in [0.2, 0.25) is 0 Å². The zero-order chi connectivity index (χ0) is 11.6. The average Bonchev–Trinajstić information content (AvgIpc) is 2.52. The SMILES string of the molecule is CNC(C(N)=O)c1csc(C(C)(C)C)n1. The molecule has 0 aliphatic heterocycles. The maximum atomic E-state index is 11.1. The molecule has 1 aromatic rings. The van der Waals surface area contributed by atoms with Crippen LogP contribution in [0.25, 0.3) is 0 Å². The van der Waals surface area contributed by atoms with Gasteiger partial charge in [0.25, 0.3) is 0 Å². The maximum Gasteiger partial charge on any atom is 0.240 e. The molecule has 1 amide bonds. The molecule has 0 saturated carbocycles. The normalized spacial score (nSPS) is 13.9. The number of likely N-dealkylation sites (N-methyl/N-ethyl adjacent to an activating group) is 1. The fraction of sp³-hybridized carbons (Fsp3) is 0.600. The summed E-state index contributed by atoms with van der Waals surface area (Å²) in [6.45, 7) is 6.27. The zero-order valence-electron chi connectivity index (χ0n) is 9.50. The summed E-state index contributed by atoms with van der Waals surface area (Å²) in [6.07, 6.45) is 0. The van der Waals surface area contributed by atoms with Crippen molar-refractivity contribution in [2.24, 2.45) is 5.73 Å². The molecular weight excluding hydrogens is 210 g/mol. The third-order valence-electron chi connectivity index (χ3n) is 2.03. The zero-order valence-corrected chi connectivity index (χ0v) is 10.3. The second-order valence-electron chi connectivity index (χ2n) is 4.45. The quantitative estimate of drug-likeness (QED) is 0.815. The molecule has 0 radical (unpaired) electrons. The van der Waals surface area contributed by atoms with Crippen LogP contribution in [0, 0.1) is 0 Å². The van der Waals surface area contributed by atoms with E-state index < -0.39 is 11.9 Å². The van der Waals surface area contributed by atoms with E-state index in [1.54, 1.807) is 18.4 Å². The van der Waals surface area contributed by atoms with Crippen LogP contribution in [0.3, 0.4) is 0 Å². The summed E-state index contributed by atoms with van der Waals surface area (Å²) >= 11 is 1.56. The first-order valence-electron chi connectivity index (χ1n) is 4.78. The van der Waals surface area contributed by atoms with Gasteiger partial charge in [0.15, 0.2) is 0 Å². The van der Waals surface area contributed by atoms with E-state index in [-0.39, 0.29) is 5.41 Å². The fourth-order valence-corrected chi connectivity index (χ4v) is 2.13. The highest BCUT2D eigenvalue weighted by atomic mass is 32.1. The van der Waals surface area contributed by atoms with Crippen LogP contribution in [-0.2, 0) is 10.2 Å². The monoisotopic (exact) mass is 227 g/mol. The Morgan fingerprint density at radius 3 is 2.53 bits per heavy atom. The molecule has 0 aliphatic rings. The van der Waals surface area contributed by atoms with Crippen molar-refractivity contribution in [2.75, 3.05) is 7.05 Å². The molecule has 84 valence electrons. The summed E-state index contributed by atoms with van der Waals surface area (Å²) < 4.78 is 0. The number of thiazole rings is 1. The molecule has 1 atom stereocenters. The van der Waals surface area contributed by atoms with Crippen molar-refractivity contribution in [2.45, 2.75) is 32.2 Å². The van der Waals surface area contributed by atoms with E-state index >= 15 is 0 Å². The molecule has 15 heavy (non-hydrogen) atoms. The molecule has 5 heteroatoms. The molecule has 0 spiro atoms. The van der Waals surface area contributed by atoms with Gasteiger partial charge in [-0.05, 0) is 7.05 Å². The lowest BCUT2D eigenvalue weighted by Gasteiger charge is -2.14. The molecule has 1 aromatic heterocycles. The Morgan fingerprint density at radius 2 is 2.20 bits per heavy atom. The molecule has 0 bridgehead atoms. The van der Waals surface area contributed by atoms with Gasteiger partial charge in [0.2, 0.25) is 5.91 Å².